The van der Waals surface area contributed by atoms with Gasteiger partial charge < -0.3 is 0 Å². The van der Waals surface area contributed by atoms with E-state index in [1.165, 1.54) is 12.1 Å². The molecule has 2 N–H and O–H groups in total. The lowest BCUT2D eigenvalue weighted by molar-refractivity contribution is 0.0873. The van der Waals surface area contributed by atoms with Crippen molar-refractivity contribution in [3.05, 3.63) is 41.5 Å². The van der Waals surface area contributed by atoms with Crippen LogP contribution in [0.15, 0.2) is 40.8 Å². The van der Waals surface area contributed by atoms with Gasteiger partial charge in [-0.15, -0.1) is 0 Å². The van der Waals surface area contributed by atoms with E-state index in [2.05, 4.69) is 0 Å². The minimum Gasteiger partial charge on any atom is -0.277 e. The Morgan fingerprint density at radius 1 is 1.50 bits per heavy atom. The van der Waals surface area contributed by atoms with Gasteiger partial charge in [-0.25, -0.2) is 4.31 Å². The Labute approximate surface area is 106 Å². The van der Waals surface area contributed by atoms with Gasteiger partial charge in [0.2, 0.25) is 0 Å². The highest BCUT2D eigenvalue weighted by atomic mass is 32.3. The van der Waals surface area contributed by atoms with Crippen LogP contribution in [0, 0.1) is 11.3 Å². The van der Waals surface area contributed by atoms with E-state index < -0.39 is 16.7 Å². The smallest absolute Gasteiger partial charge is 0.274 e. The predicted molar refractivity (Wildman–Crippen MR) is 68.0 cm³/mol. The van der Waals surface area contributed by atoms with Gasteiger partial charge in [0.05, 0.1) is 23.1 Å². The first-order chi connectivity index (χ1) is 8.48. The van der Waals surface area contributed by atoms with Crippen molar-refractivity contribution >= 4 is 16.7 Å². The molecule has 0 spiro atoms. The van der Waals surface area contributed by atoms with E-state index in [0.29, 0.717) is 11.1 Å². The molecule has 94 valence electrons. The van der Waals surface area contributed by atoms with Crippen LogP contribution in [0.3, 0.4) is 0 Å². The molecule has 1 heterocycles. The molecular weight excluding hydrogens is 252 g/mol. The second kappa shape index (κ2) is 4.46. The maximum atomic E-state index is 12.0. The molecule has 0 radical (unpaired) electrons. The molecule has 0 aromatic heterocycles. The minimum absolute atomic E-state index is 0.00917. The van der Waals surface area contributed by atoms with E-state index in [1.54, 1.807) is 25.1 Å². The maximum absolute atomic E-state index is 12.0. The van der Waals surface area contributed by atoms with Gasteiger partial charge in [0.25, 0.3) is 5.91 Å². The summed E-state index contributed by atoms with van der Waals surface area (Å²) >= 11 is 0. The monoisotopic (exact) mass is 264 g/mol. The number of fused-ring (bicyclic) bond motifs is 1. The second-order valence-corrected chi connectivity index (χ2v) is 5.80. The van der Waals surface area contributed by atoms with Crippen molar-refractivity contribution < 1.29 is 13.9 Å². The SMILES string of the molecule is CC(C#N)=CCN1C(=O)c2ccccc2S1(O)O. The molecule has 1 aromatic rings. The van der Waals surface area contributed by atoms with Crippen molar-refractivity contribution in [1.29, 1.82) is 5.26 Å². The summed E-state index contributed by atoms with van der Waals surface area (Å²) in [7, 11) is -3.27. The van der Waals surface area contributed by atoms with Crippen LogP contribution >= 0.6 is 10.8 Å². The van der Waals surface area contributed by atoms with Crippen molar-refractivity contribution in [1.82, 2.24) is 4.31 Å². The molecule has 5 nitrogen and oxygen atoms in total. The average Bonchev–Trinajstić information content (AvgIpc) is 2.56. The van der Waals surface area contributed by atoms with Gasteiger partial charge in [-0.1, -0.05) is 22.9 Å². The molecule has 1 aliphatic rings. The first-order valence-electron chi connectivity index (χ1n) is 5.24. The van der Waals surface area contributed by atoms with Crippen LogP contribution in [0.4, 0.5) is 0 Å². The zero-order valence-electron chi connectivity index (χ0n) is 9.70. The Kier molecular flexibility index (Phi) is 3.13. The standard InChI is InChI=1S/C12H12N2O3S/c1-9(8-13)6-7-14-12(15)10-4-2-3-5-11(10)18(14,16)17/h2-6,16-17H,7H2,1H3. The molecule has 1 aliphatic heterocycles. The summed E-state index contributed by atoms with van der Waals surface area (Å²) in [5, 5.41) is 8.64. The molecule has 18 heavy (non-hydrogen) atoms. The minimum atomic E-state index is -3.27. The number of allylic oxidation sites excluding steroid dienone is 1. The van der Waals surface area contributed by atoms with Crippen LogP contribution in [-0.4, -0.2) is 25.9 Å². The van der Waals surface area contributed by atoms with Crippen LogP contribution in [0.25, 0.3) is 0 Å². The number of nitriles is 1. The largest absolute Gasteiger partial charge is 0.277 e. The van der Waals surface area contributed by atoms with Gasteiger partial charge in [-0.3, -0.25) is 13.9 Å². The topological polar surface area (TPSA) is 84.6 Å². The van der Waals surface area contributed by atoms with Gasteiger partial charge >= 0.3 is 0 Å². The fourth-order valence-corrected chi connectivity index (χ4v) is 3.26. The number of hydrogen-bond acceptors (Lipinski definition) is 4. The fourth-order valence-electron chi connectivity index (χ4n) is 1.70. The van der Waals surface area contributed by atoms with Crippen LogP contribution in [0.1, 0.15) is 17.3 Å². The summed E-state index contributed by atoms with van der Waals surface area (Å²) in [5.41, 5.74) is 0.731. The molecule has 0 unspecified atom stereocenters. The van der Waals surface area contributed by atoms with E-state index in [1.807, 2.05) is 6.07 Å². The molecular formula is C12H12N2O3S. The number of benzene rings is 1. The molecule has 2 rings (SSSR count). The summed E-state index contributed by atoms with van der Waals surface area (Å²) in [5.74, 6) is -0.424. The van der Waals surface area contributed by atoms with Crippen LogP contribution in [0.2, 0.25) is 0 Å². The second-order valence-electron chi connectivity index (χ2n) is 3.88. The van der Waals surface area contributed by atoms with Crippen molar-refractivity contribution in [3.8, 4) is 6.07 Å². The number of carbonyl (C=O) groups excluding carboxylic acids is 1. The molecule has 1 aromatic carbocycles. The third kappa shape index (κ3) is 1.88. The summed E-state index contributed by atoms with van der Waals surface area (Å²) in [6.07, 6.45) is 1.50. The van der Waals surface area contributed by atoms with Crippen LogP contribution < -0.4 is 0 Å². The van der Waals surface area contributed by atoms with Crippen LogP contribution in [0.5, 0.6) is 0 Å². The maximum Gasteiger partial charge on any atom is 0.274 e. The Balaban J connectivity index is 2.37. The Hall–Kier alpha value is -1.81. The molecule has 1 amide bonds. The number of amides is 1. The first-order valence-corrected chi connectivity index (χ1v) is 6.75. The number of carbonyl (C=O) groups is 1. The summed E-state index contributed by atoms with van der Waals surface area (Å²) < 4.78 is 21.2. The number of hydrogen-bond donors (Lipinski definition) is 2. The fraction of sp³-hybridized carbons (Fsp3) is 0.167. The molecule has 6 heteroatoms. The predicted octanol–water partition coefficient (Wildman–Crippen LogP) is 2.64. The molecule has 0 saturated carbocycles. The van der Waals surface area contributed by atoms with E-state index in [-0.39, 0.29) is 11.4 Å². The zero-order valence-corrected chi connectivity index (χ0v) is 10.5. The van der Waals surface area contributed by atoms with Crippen molar-refractivity contribution in [2.75, 3.05) is 6.54 Å². The third-order valence-corrected chi connectivity index (χ3v) is 4.56. The van der Waals surface area contributed by atoms with Crippen LogP contribution in [-0.2, 0) is 0 Å². The Morgan fingerprint density at radius 2 is 2.17 bits per heavy atom. The highest BCUT2D eigenvalue weighted by Crippen LogP contribution is 2.58. The van der Waals surface area contributed by atoms with Gasteiger partial charge in [0.15, 0.2) is 0 Å². The summed E-state index contributed by atoms with van der Waals surface area (Å²) in [4.78, 5) is 12.3. The lowest BCUT2D eigenvalue weighted by atomic mass is 10.2. The molecule has 0 bridgehead atoms. The van der Waals surface area contributed by atoms with Crippen molar-refractivity contribution in [2.45, 2.75) is 11.8 Å². The van der Waals surface area contributed by atoms with E-state index in [9.17, 15) is 13.9 Å². The molecule has 0 fully saturated rings. The summed E-state index contributed by atoms with van der Waals surface area (Å²) in [6.45, 7) is 1.61. The van der Waals surface area contributed by atoms with Crippen molar-refractivity contribution in [3.63, 3.8) is 0 Å². The third-order valence-electron chi connectivity index (χ3n) is 2.69. The normalized spacial score (nSPS) is 19.3. The number of nitrogens with zero attached hydrogens (tertiary/aromatic N) is 2. The van der Waals surface area contributed by atoms with Gasteiger partial charge in [0, 0.05) is 5.57 Å². The molecule has 0 aliphatic carbocycles. The lowest BCUT2D eigenvalue weighted by Crippen LogP contribution is -2.27. The van der Waals surface area contributed by atoms with Gasteiger partial charge in [-0.05, 0) is 25.1 Å². The zero-order chi connectivity index (χ0) is 13.3. The van der Waals surface area contributed by atoms with Crippen molar-refractivity contribution in [2.24, 2.45) is 0 Å². The average molecular weight is 264 g/mol. The van der Waals surface area contributed by atoms with Gasteiger partial charge in [-0.2, -0.15) is 5.26 Å². The van der Waals surface area contributed by atoms with E-state index in [4.69, 9.17) is 5.26 Å². The summed E-state index contributed by atoms with van der Waals surface area (Å²) in [6, 6.07) is 8.34. The highest BCUT2D eigenvalue weighted by Gasteiger charge is 2.40. The van der Waals surface area contributed by atoms with Gasteiger partial charge in [0.1, 0.15) is 0 Å². The lowest BCUT2D eigenvalue weighted by Gasteiger charge is -2.36. The highest BCUT2D eigenvalue weighted by molar-refractivity contribution is 8.23. The quantitative estimate of drug-likeness (QED) is 0.804. The molecule has 0 atom stereocenters. The molecule has 0 saturated heterocycles. The number of rotatable bonds is 2. The van der Waals surface area contributed by atoms with E-state index in [0.717, 1.165) is 4.31 Å². The Morgan fingerprint density at radius 3 is 2.78 bits per heavy atom. The van der Waals surface area contributed by atoms with E-state index >= 15 is 0 Å². The Bertz CT molecular complexity index is 575. The first kappa shape index (κ1) is 12.6.